The Morgan fingerprint density at radius 2 is 2.23 bits per heavy atom. The summed E-state index contributed by atoms with van der Waals surface area (Å²) in [7, 11) is -3.08. The first-order valence-electron chi connectivity index (χ1n) is 7.55. The summed E-state index contributed by atoms with van der Waals surface area (Å²) in [6.07, 6.45) is 5.95. The van der Waals surface area contributed by atoms with E-state index in [1.54, 1.807) is 4.31 Å². The number of rotatable bonds is 4. The van der Waals surface area contributed by atoms with Crippen molar-refractivity contribution in [1.82, 2.24) is 19.2 Å². The molecule has 0 aromatic carbocycles. The van der Waals surface area contributed by atoms with E-state index in [2.05, 4.69) is 23.4 Å². The molecule has 1 aliphatic heterocycles. The van der Waals surface area contributed by atoms with E-state index in [1.165, 1.54) is 11.8 Å². The first kappa shape index (κ1) is 15.5. The van der Waals surface area contributed by atoms with Gasteiger partial charge < -0.3 is 5.32 Å². The molecule has 120 valence electrons. The maximum Gasteiger partial charge on any atom is 0.211 e. The molecule has 3 rings (SSSR count). The highest BCUT2D eigenvalue weighted by atomic mass is 32.2. The number of hydrogen-bond donors (Lipinski definition) is 1. The van der Waals surface area contributed by atoms with Crippen LogP contribution in [-0.2, 0) is 16.6 Å². The number of aromatic nitrogens is 2. The second kappa shape index (κ2) is 5.98. The fourth-order valence-electron chi connectivity index (χ4n) is 3.08. The van der Waals surface area contributed by atoms with Crippen LogP contribution in [0.15, 0.2) is 30.6 Å². The van der Waals surface area contributed by atoms with Crippen molar-refractivity contribution in [2.75, 3.05) is 19.3 Å². The van der Waals surface area contributed by atoms with E-state index in [-0.39, 0.29) is 0 Å². The highest BCUT2D eigenvalue weighted by Gasteiger charge is 2.30. The van der Waals surface area contributed by atoms with Crippen LogP contribution in [0.2, 0.25) is 0 Å². The van der Waals surface area contributed by atoms with Crippen LogP contribution in [0.25, 0.3) is 5.52 Å². The van der Waals surface area contributed by atoms with Crippen molar-refractivity contribution in [2.24, 2.45) is 5.92 Å². The molecule has 1 aliphatic rings. The molecule has 3 heterocycles. The van der Waals surface area contributed by atoms with E-state index in [1.807, 2.05) is 29.0 Å². The van der Waals surface area contributed by atoms with Crippen molar-refractivity contribution in [3.8, 4) is 0 Å². The second-order valence-corrected chi connectivity index (χ2v) is 8.06. The molecule has 1 saturated heterocycles. The third-order valence-electron chi connectivity index (χ3n) is 4.40. The lowest BCUT2D eigenvalue weighted by Gasteiger charge is -2.36. The maximum atomic E-state index is 11.6. The van der Waals surface area contributed by atoms with E-state index in [4.69, 9.17) is 0 Å². The molecule has 0 saturated carbocycles. The molecule has 0 aliphatic carbocycles. The normalized spacial score (nSPS) is 23.9. The summed E-state index contributed by atoms with van der Waals surface area (Å²) in [5.41, 5.74) is 2.27. The molecule has 0 unspecified atom stereocenters. The lowest BCUT2D eigenvalue weighted by Crippen LogP contribution is -2.49. The van der Waals surface area contributed by atoms with E-state index in [0.717, 1.165) is 18.5 Å². The van der Waals surface area contributed by atoms with Gasteiger partial charge in [0.2, 0.25) is 10.0 Å². The fraction of sp³-hybridized carbons (Fsp3) is 0.533. The lowest BCUT2D eigenvalue weighted by molar-refractivity contribution is 0.220. The summed E-state index contributed by atoms with van der Waals surface area (Å²) in [6, 6.07) is 6.35. The molecular formula is C15H22N4O2S. The van der Waals surface area contributed by atoms with Gasteiger partial charge in [0, 0.05) is 37.4 Å². The molecule has 2 aromatic rings. The van der Waals surface area contributed by atoms with Crippen LogP contribution in [0.5, 0.6) is 0 Å². The topological polar surface area (TPSA) is 66.7 Å². The van der Waals surface area contributed by atoms with Crippen LogP contribution in [0.3, 0.4) is 0 Å². The fourth-order valence-corrected chi connectivity index (χ4v) is 4.02. The number of hydrogen-bond acceptors (Lipinski definition) is 4. The van der Waals surface area contributed by atoms with E-state index in [0.29, 0.717) is 25.0 Å². The Hall–Kier alpha value is -1.44. The van der Waals surface area contributed by atoms with Crippen molar-refractivity contribution in [1.29, 1.82) is 0 Å². The van der Waals surface area contributed by atoms with Gasteiger partial charge >= 0.3 is 0 Å². The Balaban J connectivity index is 1.63. The molecule has 0 bridgehead atoms. The molecule has 2 aromatic heterocycles. The third kappa shape index (κ3) is 3.16. The third-order valence-corrected chi connectivity index (χ3v) is 5.67. The van der Waals surface area contributed by atoms with Gasteiger partial charge in [-0.1, -0.05) is 13.0 Å². The predicted molar refractivity (Wildman–Crippen MR) is 86.0 cm³/mol. The Labute approximate surface area is 131 Å². The van der Waals surface area contributed by atoms with Crippen LogP contribution in [0.4, 0.5) is 0 Å². The number of fused-ring (bicyclic) bond motifs is 1. The van der Waals surface area contributed by atoms with Crippen molar-refractivity contribution >= 4 is 15.5 Å². The summed E-state index contributed by atoms with van der Waals surface area (Å²) in [4.78, 5) is 0. The minimum atomic E-state index is -3.08. The molecule has 0 spiro atoms. The van der Waals surface area contributed by atoms with Crippen LogP contribution in [0.1, 0.15) is 18.9 Å². The van der Waals surface area contributed by atoms with E-state index < -0.39 is 10.0 Å². The van der Waals surface area contributed by atoms with Crippen molar-refractivity contribution < 1.29 is 8.42 Å². The zero-order valence-corrected chi connectivity index (χ0v) is 13.8. The molecule has 1 fully saturated rings. The molecule has 0 radical (unpaired) electrons. The van der Waals surface area contributed by atoms with Crippen molar-refractivity contribution in [2.45, 2.75) is 25.9 Å². The number of sulfonamides is 1. The van der Waals surface area contributed by atoms with Crippen LogP contribution in [0, 0.1) is 5.92 Å². The predicted octanol–water partition coefficient (Wildman–Crippen LogP) is 1.09. The quantitative estimate of drug-likeness (QED) is 0.915. The SMILES string of the molecule is C[C@@H]1CN(S(C)(=O)=O)CC[C@H]1NCc1cnn2ccccc12. The maximum absolute atomic E-state index is 11.6. The van der Waals surface area contributed by atoms with Gasteiger partial charge in [-0.3, -0.25) is 0 Å². The summed E-state index contributed by atoms with van der Waals surface area (Å²) in [5, 5.41) is 7.90. The van der Waals surface area contributed by atoms with Gasteiger partial charge in [0.1, 0.15) is 0 Å². The van der Waals surface area contributed by atoms with Crippen LogP contribution < -0.4 is 5.32 Å². The van der Waals surface area contributed by atoms with Crippen LogP contribution >= 0.6 is 0 Å². The largest absolute Gasteiger partial charge is 0.309 e. The smallest absolute Gasteiger partial charge is 0.211 e. The standard InChI is InChI=1S/C15H22N4O2S/c1-12-11-18(22(2,20)21)8-6-14(12)16-9-13-10-17-19-7-4-3-5-15(13)19/h3-5,7,10,12,14,16H,6,8-9,11H2,1-2H3/t12-,14-/m1/s1. The molecule has 2 atom stereocenters. The van der Waals surface area contributed by atoms with Gasteiger partial charge in [-0.2, -0.15) is 5.10 Å². The van der Waals surface area contributed by atoms with Gasteiger partial charge in [0.05, 0.1) is 18.0 Å². The summed E-state index contributed by atoms with van der Waals surface area (Å²) < 4.78 is 26.7. The lowest BCUT2D eigenvalue weighted by atomic mass is 9.95. The van der Waals surface area contributed by atoms with Gasteiger partial charge in [0.15, 0.2) is 0 Å². The van der Waals surface area contributed by atoms with Gasteiger partial charge in [-0.25, -0.2) is 17.2 Å². The number of nitrogens with one attached hydrogen (secondary N) is 1. The van der Waals surface area contributed by atoms with Gasteiger partial charge in [-0.15, -0.1) is 0 Å². The monoisotopic (exact) mass is 322 g/mol. The summed E-state index contributed by atoms with van der Waals surface area (Å²) in [6.45, 7) is 4.04. The Morgan fingerprint density at radius 1 is 1.41 bits per heavy atom. The zero-order chi connectivity index (χ0) is 15.7. The first-order valence-corrected chi connectivity index (χ1v) is 9.40. The van der Waals surface area contributed by atoms with E-state index in [9.17, 15) is 8.42 Å². The molecule has 6 nitrogen and oxygen atoms in total. The summed E-state index contributed by atoms with van der Waals surface area (Å²) in [5.74, 6) is 0.297. The van der Waals surface area contributed by atoms with Gasteiger partial charge in [-0.05, 0) is 24.5 Å². The first-order chi connectivity index (χ1) is 10.4. The second-order valence-electron chi connectivity index (χ2n) is 6.07. The van der Waals surface area contributed by atoms with Crippen LogP contribution in [-0.4, -0.2) is 47.7 Å². The number of pyridine rings is 1. The number of nitrogens with zero attached hydrogens (tertiary/aromatic N) is 3. The molecule has 0 amide bonds. The minimum absolute atomic E-state index is 0.297. The van der Waals surface area contributed by atoms with Gasteiger partial charge in [0.25, 0.3) is 0 Å². The molecular weight excluding hydrogens is 300 g/mol. The summed E-state index contributed by atoms with van der Waals surface area (Å²) >= 11 is 0. The molecule has 22 heavy (non-hydrogen) atoms. The highest BCUT2D eigenvalue weighted by molar-refractivity contribution is 7.88. The highest BCUT2D eigenvalue weighted by Crippen LogP contribution is 2.20. The minimum Gasteiger partial charge on any atom is -0.309 e. The van der Waals surface area contributed by atoms with Crippen molar-refractivity contribution in [3.63, 3.8) is 0 Å². The average molecular weight is 322 g/mol. The zero-order valence-electron chi connectivity index (χ0n) is 12.9. The van der Waals surface area contributed by atoms with Crippen molar-refractivity contribution in [3.05, 3.63) is 36.2 Å². The molecule has 1 N–H and O–H groups in total. The Bertz CT molecular complexity index is 756. The molecule has 7 heteroatoms. The number of piperidine rings is 1. The average Bonchev–Trinajstić information content (AvgIpc) is 2.88. The van der Waals surface area contributed by atoms with E-state index >= 15 is 0 Å². The Morgan fingerprint density at radius 3 is 2.95 bits per heavy atom. The Kier molecular flexibility index (Phi) is 4.20.